The van der Waals surface area contributed by atoms with Gasteiger partial charge in [0.25, 0.3) is 0 Å². The number of rotatable bonds is 6. The molecule has 1 N–H and O–H groups in total. The summed E-state index contributed by atoms with van der Waals surface area (Å²) in [5, 5.41) is 17.7. The highest BCUT2D eigenvalue weighted by Gasteiger charge is 2.23. The lowest BCUT2D eigenvalue weighted by molar-refractivity contribution is -0.386. The summed E-state index contributed by atoms with van der Waals surface area (Å²) < 4.78 is 19.9. The minimum absolute atomic E-state index is 0.0990. The van der Waals surface area contributed by atoms with Gasteiger partial charge in [0, 0.05) is 0 Å². The van der Waals surface area contributed by atoms with Crippen molar-refractivity contribution in [1.29, 1.82) is 0 Å². The fourth-order valence-electron chi connectivity index (χ4n) is 2.56. The number of benzene rings is 1. The van der Waals surface area contributed by atoms with Crippen LogP contribution in [0.3, 0.4) is 0 Å². The molecule has 1 aromatic heterocycles. The fourth-order valence-corrected chi connectivity index (χ4v) is 2.56. The molecular weight excluding hydrogens is 331 g/mol. The van der Waals surface area contributed by atoms with Crippen molar-refractivity contribution >= 4 is 11.6 Å². The second kappa shape index (κ2) is 7.29. The van der Waals surface area contributed by atoms with Gasteiger partial charge in [-0.3, -0.25) is 19.6 Å². The van der Waals surface area contributed by atoms with Crippen molar-refractivity contribution in [3.8, 4) is 5.75 Å². The van der Waals surface area contributed by atoms with Crippen LogP contribution in [0.2, 0.25) is 0 Å². The largest absolute Gasteiger partial charge is 0.494 e. The van der Waals surface area contributed by atoms with Gasteiger partial charge < -0.3 is 10.1 Å². The van der Waals surface area contributed by atoms with Gasteiger partial charge >= 0.3 is 5.69 Å². The van der Waals surface area contributed by atoms with E-state index in [9.17, 15) is 19.3 Å². The number of ether oxygens (including phenoxy) is 1. The zero-order valence-electron chi connectivity index (χ0n) is 14.4. The maximum atomic E-state index is 13.8. The molecule has 2 rings (SSSR count). The highest BCUT2D eigenvalue weighted by Crippen LogP contribution is 2.23. The Labute approximate surface area is 143 Å². The summed E-state index contributed by atoms with van der Waals surface area (Å²) in [6, 6.07) is 3.98. The highest BCUT2D eigenvalue weighted by atomic mass is 19.1. The first-order valence-electron chi connectivity index (χ1n) is 7.55. The Kier molecular flexibility index (Phi) is 5.35. The number of halogens is 1. The van der Waals surface area contributed by atoms with E-state index < -0.39 is 16.8 Å². The lowest BCUT2D eigenvalue weighted by Gasteiger charge is -2.15. The van der Waals surface area contributed by atoms with Crippen LogP contribution < -0.4 is 10.1 Å². The lowest BCUT2D eigenvalue weighted by Crippen LogP contribution is -2.30. The molecule has 0 spiro atoms. The monoisotopic (exact) mass is 350 g/mol. The van der Waals surface area contributed by atoms with E-state index in [1.165, 1.54) is 37.8 Å². The SMILES string of the molecule is COc1ccc([C@@H](C)NC(=O)Cn2nc(C)c([N+](=O)[O-])c2C)cc1F. The van der Waals surface area contributed by atoms with E-state index in [1.54, 1.807) is 13.0 Å². The summed E-state index contributed by atoms with van der Waals surface area (Å²) in [6.07, 6.45) is 0. The summed E-state index contributed by atoms with van der Waals surface area (Å²) in [5.74, 6) is -0.781. The molecule has 134 valence electrons. The minimum Gasteiger partial charge on any atom is -0.494 e. The first-order chi connectivity index (χ1) is 11.7. The number of amides is 1. The number of hydrogen-bond donors (Lipinski definition) is 1. The Balaban J connectivity index is 2.09. The summed E-state index contributed by atoms with van der Waals surface area (Å²) in [7, 11) is 1.37. The van der Waals surface area contributed by atoms with E-state index in [0.29, 0.717) is 11.3 Å². The Hall–Kier alpha value is -2.97. The fraction of sp³-hybridized carbons (Fsp3) is 0.375. The van der Waals surface area contributed by atoms with Gasteiger partial charge in [0.2, 0.25) is 5.91 Å². The van der Waals surface area contributed by atoms with Gasteiger partial charge in [0.1, 0.15) is 17.9 Å². The molecule has 0 radical (unpaired) electrons. The van der Waals surface area contributed by atoms with Crippen molar-refractivity contribution < 1.29 is 18.8 Å². The second-order valence-electron chi connectivity index (χ2n) is 5.62. The van der Waals surface area contributed by atoms with Crippen LogP contribution in [0.25, 0.3) is 0 Å². The van der Waals surface area contributed by atoms with E-state index in [0.717, 1.165) is 0 Å². The van der Waals surface area contributed by atoms with Crippen LogP contribution >= 0.6 is 0 Å². The Morgan fingerprint density at radius 2 is 2.16 bits per heavy atom. The average Bonchev–Trinajstić information content (AvgIpc) is 2.80. The van der Waals surface area contributed by atoms with Crippen molar-refractivity contribution in [3.63, 3.8) is 0 Å². The van der Waals surface area contributed by atoms with E-state index in [4.69, 9.17) is 4.74 Å². The van der Waals surface area contributed by atoms with Crippen LogP contribution in [0.5, 0.6) is 5.75 Å². The number of carbonyl (C=O) groups excluding carboxylic acids is 1. The Bertz CT molecular complexity index is 819. The standard InChI is InChI=1S/C16H19FN4O4/c1-9(12-5-6-14(25-4)13(17)7-12)18-15(22)8-20-11(3)16(21(23)24)10(2)19-20/h5-7,9H,8H2,1-4H3,(H,18,22)/t9-/m1/s1. The van der Waals surface area contributed by atoms with Gasteiger partial charge in [-0.05, 0) is 38.5 Å². The molecule has 0 saturated heterocycles. The van der Waals surface area contributed by atoms with Gasteiger partial charge in [0.05, 0.1) is 18.1 Å². The molecule has 2 aromatic rings. The molecular formula is C16H19FN4O4. The van der Waals surface area contributed by atoms with E-state index in [1.807, 2.05) is 0 Å². The molecule has 1 amide bonds. The second-order valence-corrected chi connectivity index (χ2v) is 5.62. The Morgan fingerprint density at radius 3 is 2.68 bits per heavy atom. The van der Waals surface area contributed by atoms with Crippen molar-refractivity contribution in [2.75, 3.05) is 7.11 Å². The number of carbonyl (C=O) groups is 1. The van der Waals surface area contributed by atoms with Gasteiger partial charge in [0.15, 0.2) is 11.6 Å². The van der Waals surface area contributed by atoms with Crippen molar-refractivity contribution in [1.82, 2.24) is 15.1 Å². The predicted molar refractivity (Wildman–Crippen MR) is 87.9 cm³/mol. The molecule has 0 aliphatic heterocycles. The van der Waals surface area contributed by atoms with Crippen LogP contribution in [-0.4, -0.2) is 27.7 Å². The van der Waals surface area contributed by atoms with E-state index >= 15 is 0 Å². The van der Waals surface area contributed by atoms with Gasteiger partial charge in [-0.15, -0.1) is 0 Å². The molecule has 1 aromatic carbocycles. The molecule has 8 nitrogen and oxygen atoms in total. The maximum absolute atomic E-state index is 13.8. The van der Waals surface area contributed by atoms with Crippen molar-refractivity contribution in [2.45, 2.75) is 33.4 Å². The topological polar surface area (TPSA) is 99.3 Å². The number of nitrogens with zero attached hydrogens (tertiary/aromatic N) is 3. The Morgan fingerprint density at radius 1 is 1.48 bits per heavy atom. The zero-order valence-corrected chi connectivity index (χ0v) is 14.4. The molecule has 9 heteroatoms. The molecule has 0 saturated carbocycles. The van der Waals surface area contributed by atoms with Crippen LogP contribution in [0.1, 0.15) is 29.9 Å². The molecule has 0 fully saturated rings. The van der Waals surface area contributed by atoms with Crippen LogP contribution in [-0.2, 0) is 11.3 Å². The van der Waals surface area contributed by atoms with Crippen LogP contribution in [0, 0.1) is 29.8 Å². The van der Waals surface area contributed by atoms with Gasteiger partial charge in [-0.2, -0.15) is 5.10 Å². The molecule has 1 heterocycles. The molecule has 0 aliphatic rings. The lowest BCUT2D eigenvalue weighted by atomic mass is 10.1. The summed E-state index contributed by atoms with van der Waals surface area (Å²) in [5.41, 5.74) is 1.03. The van der Waals surface area contributed by atoms with Crippen molar-refractivity contribution in [3.05, 3.63) is 51.1 Å². The molecule has 0 unspecified atom stereocenters. The third kappa shape index (κ3) is 3.93. The third-order valence-corrected chi connectivity index (χ3v) is 3.87. The number of nitrogens with one attached hydrogen (secondary N) is 1. The normalized spacial score (nSPS) is 11.9. The van der Waals surface area contributed by atoms with Crippen LogP contribution in [0.4, 0.5) is 10.1 Å². The number of hydrogen-bond acceptors (Lipinski definition) is 5. The van der Waals surface area contributed by atoms with E-state index in [2.05, 4.69) is 10.4 Å². The smallest absolute Gasteiger partial charge is 0.312 e. The number of aryl methyl sites for hydroxylation is 1. The third-order valence-electron chi connectivity index (χ3n) is 3.87. The minimum atomic E-state index is -0.519. The molecule has 25 heavy (non-hydrogen) atoms. The highest BCUT2D eigenvalue weighted by molar-refractivity contribution is 5.76. The van der Waals surface area contributed by atoms with E-state index in [-0.39, 0.29) is 29.6 Å². The number of aromatic nitrogens is 2. The first kappa shape index (κ1) is 18.4. The maximum Gasteiger partial charge on any atom is 0.312 e. The number of methoxy groups -OCH3 is 1. The zero-order chi connectivity index (χ0) is 18.7. The molecule has 0 aliphatic carbocycles. The summed E-state index contributed by atoms with van der Waals surface area (Å²) in [6.45, 7) is 4.60. The molecule has 1 atom stereocenters. The number of nitro groups is 1. The molecule has 0 bridgehead atoms. The van der Waals surface area contributed by atoms with Gasteiger partial charge in [-0.25, -0.2) is 4.39 Å². The summed E-state index contributed by atoms with van der Waals surface area (Å²) >= 11 is 0. The predicted octanol–water partition coefficient (Wildman–Crippen LogP) is 2.43. The average molecular weight is 350 g/mol. The summed E-state index contributed by atoms with van der Waals surface area (Å²) in [4.78, 5) is 22.7. The first-order valence-corrected chi connectivity index (χ1v) is 7.55. The van der Waals surface area contributed by atoms with Gasteiger partial charge in [-0.1, -0.05) is 6.07 Å². The quantitative estimate of drug-likeness (QED) is 0.637. The van der Waals surface area contributed by atoms with Crippen molar-refractivity contribution in [2.24, 2.45) is 0 Å². The van der Waals surface area contributed by atoms with Crippen LogP contribution in [0.15, 0.2) is 18.2 Å².